The van der Waals surface area contributed by atoms with E-state index < -0.39 is 5.97 Å². The van der Waals surface area contributed by atoms with E-state index in [4.69, 9.17) is 32.0 Å². The SMILES string of the molecule is CC(=O)O.N#C/C(=C\c1ccc(-c2ccc(Br)cc2)o1)c1nc2ccccc2c(=O)[nH]1.N#C/C(=C\c1ccc(-c2ccc(Br)cc2)o1)c1nc2ccccc2c(=O)[nH]1.N#C/C(=C\c1ccc(-c2ccc(Br)cc2)o1)c1nc2ccccc2c(=O)[nH]1.N#C/C(=C\c1ccc(-c2ccc(Br)cc2)o1)c1nc2ccccc2c(=O)[nH]1.N#C/C(=C\c1ccc(-c2ccc(Br)cc2)o1)c1nc2ccccc2c(=O)[nH]1. The van der Waals surface area contributed by atoms with Gasteiger partial charge in [0.25, 0.3) is 33.8 Å². The predicted octanol–water partition coefficient (Wildman–Crippen LogP) is 25.1. The van der Waals surface area contributed by atoms with Crippen molar-refractivity contribution in [3.05, 3.63) is 435 Å². The van der Waals surface area contributed by atoms with Gasteiger partial charge in [-0.15, -0.1) is 0 Å². The molecule has 0 saturated carbocycles. The molecule has 0 spiro atoms. The van der Waals surface area contributed by atoms with Gasteiger partial charge in [0.1, 0.15) is 87.9 Å². The Morgan fingerprint density at radius 3 is 0.561 bits per heavy atom. The van der Waals surface area contributed by atoms with E-state index in [1.165, 1.54) is 0 Å². The van der Waals surface area contributed by atoms with E-state index in [1.807, 2.05) is 152 Å². The molecule has 139 heavy (non-hydrogen) atoms. The van der Waals surface area contributed by atoms with Gasteiger partial charge in [-0.2, -0.15) is 26.3 Å². The zero-order valence-electron chi connectivity index (χ0n) is 72.1. The largest absolute Gasteiger partial charge is 0.481 e. The first-order valence-electron chi connectivity index (χ1n) is 41.5. The summed E-state index contributed by atoms with van der Waals surface area (Å²) in [6, 6.07) is 102. The number of aliphatic carboxylic acids is 1. The maximum Gasteiger partial charge on any atom is 0.300 e. The van der Waals surface area contributed by atoms with Crippen LogP contribution in [-0.2, 0) is 4.79 Å². The van der Waals surface area contributed by atoms with E-state index in [-0.39, 0.29) is 84.8 Å². The molecule has 0 radical (unpaired) electrons. The van der Waals surface area contributed by atoms with Crippen molar-refractivity contribution < 1.29 is 32.0 Å². The molecule has 0 fully saturated rings. The van der Waals surface area contributed by atoms with Gasteiger partial charge in [-0.3, -0.25) is 28.8 Å². The number of benzene rings is 10. The number of nitrogens with zero attached hydrogens (tertiary/aromatic N) is 10. The highest BCUT2D eigenvalue weighted by Crippen LogP contribution is 2.34. The Kier molecular flexibility index (Phi) is 31.0. The molecule has 0 aliphatic carbocycles. The highest BCUT2D eigenvalue weighted by atomic mass is 79.9. The molecule has 0 atom stereocenters. The molecule has 27 nitrogen and oxygen atoms in total. The number of carbonyl (C=O) groups is 1. The molecule has 6 N–H and O–H groups in total. The third kappa shape index (κ3) is 24.5. The molecule has 10 aromatic heterocycles. The van der Waals surface area contributed by atoms with Gasteiger partial charge in [-0.1, -0.05) is 201 Å². The summed E-state index contributed by atoms with van der Waals surface area (Å²) in [4.78, 5) is 105. The molecule has 674 valence electrons. The standard InChI is InChI=1S/5C21H12BrN3O2.C2H4O2/c5*22-15-7-5-13(6-8-15)19-10-9-16(27-19)11-14(12-23)20-24-18-4-2-1-3-17(18)21(26)25-20;1-2(3)4/h5*1-11H,(H,24,25,26);1H3,(H,3,4)/b5*14-11+;. The Labute approximate surface area is 829 Å². The summed E-state index contributed by atoms with van der Waals surface area (Å²) >= 11 is 17.0. The van der Waals surface area contributed by atoms with Gasteiger partial charge in [-0.05, 0) is 182 Å². The van der Waals surface area contributed by atoms with Gasteiger partial charge in [0.05, 0.1) is 82.4 Å². The number of aromatic nitrogens is 10. The third-order valence-electron chi connectivity index (χ3n) is 20.2. The number of rotatable bonds is 15. The lowest BCUT2D eigenvalue weighted by molar-refractivity contribution is -0.134. The second-order valence-electron chi connectivity index (χ2n) is 29.6. The number of carboxylic acids is 1. The molecule has 32 heteroatoms. The van der Waals surface area contributed by atoms with Gasteiger partial charge in [-0.25, -0.2) is 24.9 Å². The zero-order valence-corrected chi connectivity index (χ0v) is 80.0. The number of halogens is 5. The number of fused-ring (bicyclic) bond motifs is 5. The van der Waals surface area contributed by atoms with E-state index in [1.54, 1.807) is 182 Å². The number of nitriles is 5. The summed E-state index contributed by atoms with van der Waals surface area (Å²) in [5.74, 6) is 6.15. The summed E-state index contributed by atoms with van der Waals surface area (Å²) in [6.45, 7) is 1.08. The summed E-state index contributed by atoms with van der Waals surface area (Å²) in [5.41, 5.74) is 6.96. The normalized spacial score (nSPS) is 11.3. The summed E-state index contributed by atoms with van der Waals surface area (Å²) in [6.07, 6.45) is 7.82. The van der Waals surface area contributed by atoms with Gasteiger partial charge < -0.3 is 52.1 Å². The van der Waals surface area contributed by atoms with E-state index >= 15 is 0 Å². The van der Waals surface area contributed by atoms with Gasteiger partial charge in [0.15, 0.2) is 29.1 Å². The quantitative estimate of drug-likeness (QED) is 0.0519. The van der Waals surface area contributed by atoms with Crippen LogP contribution < -0.4 is 27.8 Å². The zero-order chi connectivity index (χ0) is 97.6. The van der Waals surface area contributed by atoms with Gasteiger partial charge in [0.2, 0.25) is 0 Å². The first-order chi connectivity index (χ1) is 67.4. The topological polar surface area (TPSA) is 451 Å². The van der Waals surface area contributed by atoms with E-state index in [0.29, 0.717) is 112 Å². The van der Waals surface area contributed by atoms with E-state index in [0.717, 1.165) is 57.1 Å². The van der Waals surface area contributed by atoms with Crippen LogP contribution in [-0.4, -0.2) is 60.9 Å². The fraction of sp³-hybridized carbons (Fsp3) is 0.00935. The van der Waals surface area contributed by atoms with Crippen molar-refractivity contribution in [2.45, 2.75) is 6.92 Å². The van der Waals surface area contributed by atoms with Crippen molar-refractivity contribution in [1.29, 1.82) is 26.3 Å². The maximum atomic E-state index is 12.2. The first kappa shape index (κ1) is 95.9. The summed E-state index contributed by atoms with van der Waals surface area (Å²) in [5, 5.41) is 57.5. The van der Waals surface area contributed by atoms with Crippen LogP contribution in [0.5, 0.6) is 0 Å². The lowest BCUT2D eigenvalue weighted by Gasteiger charge is -2.01. The Morgan fingerprint density at radius 1 is 0.259 bits per heavy atom. The Morgan fingerprint density at radius 2 is 0.410 bits per heavy atom. The molecule has 0 aliphatic heterocycles. The number of hydrogen-bond donors (Lipinski definition) is 6. The fourth-order valence-corrected chi connectivity index (χ4v) is 14.9. The van der Waals surface area contributed by atoms with Crippen molar-refractivity contribution in [1.82, 2.24) is 49.8 Å². The average molecular weight is 2150 g/mol. The van der Waals surface area contributed by atoms with Crippen LogP contribution in [0, 0.1) is 56.7 Å². The molecule has 0 aliphatic rings. The van der Waals surface area contributed by atoms with Crippen LogP contribution in [0.4, 0.5) is 0 Å². The Hall–Kier alpha value is -17.7. The Balaban J connectivity index is 0.000000130. The number of carboxylic acid groups (broad SMARTS) is 1. The molecule has 10 heterocycles. The molecule has 0 bridgehead atoms. The van der Waals surface area contributed by atoms with E-state index in [9.17, 15) is 50.3 Å². The molecule has 20 rings (SSSR count). The molecule has 10 aromatic carbocycles. The Bertz CT molecular complexity index is 7600. The van der Waals surface area contributed by atoms with E-state index in [2.05, 4.69) is 160 Å². The number of furan rings is 5. The van der Waals surface area contributed by atoms with Crippen LogP contribution in [0.2, 0.25) is 0 Å². The lowest BCUT2D eigenvalue weighted by atomic mass is 10.2. The second-order valence-corrected chi connectivity index (χ2v) is 34.1. The van der Waals surface area contributed by atoms with Crippen LogP contribution in [0.15, 0.2) is 372 Å². The fourth-order valence-electron chi connectivity index (χ4n) is 13.5. The molecule has 0 amide bonds. The smallest absolute Gasteiger partial charge is 0.300 e. The highest BCUT2D eigenvalue weighted by Gasteiger charge is 2.19. The van der Waals surface area contributed by atoms with Crippen LogP contribution in [0.25, 0.3) is 169 Å². The highest BCUT2D eigenvalue weighted by molar-refractivity contribution is 9.11. The van der Waals surface area contributed by atoms with Crippen molar-refractivity contribution in [2.24, 2.45) is 0 Å². The van der Waals surface area contributed by atoms with Crippen LogP contribution >= 0.6 is 79.6 Å². The van der Waals surface area contributed by atoms with Gasteiger partial charge in [0, 0.05) is 87.5 Å². The van der Waals surface area contributed by atoms with Gasteiger partial charge >= 0.3 is 0 Å². The van der Waals surface area contributed by atoms with Crippen LogP contribution in [0.1, 0.15) is 64.8 Å². The van der Waals surface area contributed by atoms with Crippen molar-refractivity contribution in [2.75, 3.05) is 0 Å². The summed E-state index contributed by atoms with van der Waals surface area (Å²) < 4.78 is 34.0. The first-order valence-corrected chi connectivity index (χ1v) is 45.4. The third-order valence-corrected chi connectivity index (χ3v) is 22.8. The predicted molar refractivity (Wildman–Crippen MR) is 552 cm³/mol. The molecule has 0 saturated heterocycles. The minimum atomic E-state index is -0.833. The number of para-hydroxylation sites is 5. The number of nitrogens with one attached hydrogen (secondary N) is 5. The van der Waals surface area contributed by atoms with Crippen LogP contribution in [0.3, 0.4) is 0 Å². The lowest BCUT2D eigenvalue weighted by Crippen LogP contribution is -2.11. The molecular formula is C107H64Br5N15O12. The maximum absolute atomic E-state index is 12.2. The number of hydrogen-bond acceptors (Lipinski definition) is 21. The number of aromatic amines is 5. The van der Waals surface area contributed by atoms with Crippen molar-refractivity contribution in [3.8, 4) is 87.0 Å². The van der Waals surface area contributed by atoms with Crippen molar-refractivity contribution in [3.63, 3.8) is 0 Å². The minimum absolute atomic E-state index is 0.211. The monoisotopic (exact) mass is 2150 g/mol. The summed E-state index contributed by atoms with van der Waals surface area (Å²) in [7, 11) is 0. The minimum Gasteiger partial charge on any atom is -0.481 e. The molecule has 0 unspecified atom stereocenters. The second kappa shape index (κ2) is 44.9. The number of H-pyrrole nitrogens is 5. The van der Waals surface area contributed by atoms with Crippen molar-refractivity contribution >= 4 is 198 Å². The number of allylic oxidation sites excluding steroid dienone is 5. The molecule has 20 aromatic rings. The average Bonchev–Trinajstić information content (AvgIpc) is 1.60. The molecular weight excluding hydrogens is 2090 g/mol.